The molecule has 0 spiro atoms. The van der Waals surface area contributed by atoms with Crippen molar-refractivity contribution in [3.05, 3.63) is 58.7 Å². The minimum Gasteiger partial charge on any atom is -0.493 e. The number of carbonyl (C=O) groups excluding carboxylic acids is 1. The molecule has 0 aromatic heterocycles. The molecule has 3 rings (SSSR count). The minimum atomic E-state index is -0.0282. The van der Waals surface area contributed by atoms with Crippen molar-refractivity contribution in [1.82, 2.24) is 0 Å². The molecular formula is C17H17NO2. The summed E-state index contributed by atoms with van der Waals surface area (Å²) in [6.07, 6.45) is 1.96. The molecule has 0 bridgehead atoms. The van der Waals surface area contributed by atoms with E-state index in [-0.39, 0.29) is 5.78 Å². The van der Waals surface area contributed by atoms with Gasteiger partial charge in [-0.15, -0.1) is 0 Å². The fraction of sp³-hybridized carbons (Fsp3) is 0.235. The van der Waals surface area contributed by atoms with Crippen LogP contribution >= 0.6 is 0 Å². The number of hydrogen-bond donors (Lipinski definition) is 1. The van der Waals surface area contributed by atoms with Crippen molar-refractivity contribution < 1.29 is 9.53 Å². The van der Waals surface area contributed by atoms with Crippen molar-refractivity contribution in [2.45, 2.75) is 19.8 Å². The summed E-state index contributed by atoms with van der Waals surface area (Å²) in [5.41, 5.74) is 9.85. The van der Waals surface area contributed by atoms with Crippen molar-refractivity contribution in [2.75, 3.05) is 12.3 Å². The van der Waals surface area contributed by atoms with Crippen molar-refractivity contribution in [1.29, 1.82) is 0 Å². The van der Waals surface area contributed by atoms with Gasteiger partial charge in [0.2, 0.25) is 0 Å². The summed E-state index contributed by atoms with van der Waals surface area (Å²) in [7, 11) is 0. The van der Waals surface area contributed by atoms with E-state index in [1.807, 2.05) is 37.3 Å². The molecule has 1 aliphatic heterocycles. The molecule has 3 heteroatoms. The maximum absolute atomic E-state index is 12.6. The molecule has 0 aliphatic carbocycles. The summed E-state index contributed by atoms with van der Waals surface area (Å²) in [6, 6.07) is 11.2. The molecule has 0 fully saturated rings. The maximum Gasteiger partial charge on any atom is 0.195 e. The number of ether oxygens (including phenoxy) is 1. The predicted molar refractivity (Wildman–Crippen MR) is 79.3 cm³/mol. The smallest absolute Gasteiger partial charge is 0.195 e. The predicted octanol–water partition coefficient (Wildman–Crippen LogP) is 3.13. The first-order chi connectivity index (χ1) is 9.66. The quantitative estimate of drug-likeness (QED) is 0.672. The lowest BCUT2D eigenvalue weighted by Gasteiger charge is -2.17. The molecule has 1 heterocycles. The van der Waals surface area contributed by atoms with E-state index in [0.717, 1.165) is 36.3 Å². The van der Waals surface area contributed by atoms with Crippen LogP contribution in [0.25, 0.3) is 0 Å². The van der Waals surface area contributed by atoms with Gasteiger partial charge in [-0.05, 0) is 55.2 Å². The number of anilines is 1. The molecule has 0 atom stereocenters. The largest absolute Gasteiger partial charge is 0.493 e. The van der Waals surface area contributed by atoms with E-state index in [1.165, 1.54) is 0 Å². The van der Waals surface area contributed by atoms with Crippen LogP contribution in [-0.4, -0.2) is 12.4 Å². The van der Waals surface area contributed by atoms with Gasteiger partial charge in [-0.1, -0.05) is 12.1 Å². The van der Waals surface area contributed by atoms with Crippen LogP contribution in [0.1, 0.15) is 33.5 Å². The normalized spacial score (nSPS) is 13.4. The Bertz CT molecular complexity index is 677. The number of nitrogens with two attached hydrogens (primary N) is 1. The Balaban J connectivity index is 2.00. The van der Waals surface area contributed by atoms with Crippen LogP contribution in [0.2, 0.25) is 0 Å². The van der Waals surface area contributed by atoms with E-state index in [4.69, 9.17) is 10.5 Å². The summed E-state index contributed by atoms with van der Waals surface area (Å²) in [5.74, 6) is 0.865. The molecular weight excluding hydrogens is 250 g/mol. The van der Waals surface area contributed by atoms with E-state index in [1.54, 1.807) is 6.07 Å². The number of fused-ring (bicyclic) bond motifs is 1. The van der Waals surface area contributed by atoms with E-state index >= 15 is 0 Å². The third-order valence-electron chi connectivity index (χ3n) is 3.74. The SMILES string of the molecule is Cc1cccc(C(=O)c2ccc3c(c2)CCCO3)c1N. The molecule has 0 saturated heterocycles. The Hall–Kier alpha value is -2.29. The second kappa shape index (κ2) is 5.00. The Morgan fingerprint density at radius 1 is 1.25 bits per heavy atom. The number of aryl methyl sites for hydroxylation is 2. The van der Waals surface area contributed by atoms with Crippen LogP contribution in [0.5, 0.6) is 5.75 Å². The van der Waals surface area contributed by atoms with Crippen molar-refractivity contribution >= 4 is 11.5 Å². The highest BCUT2D eigenvalue weighted by atomic mass is 16.5. The summed E-state index contributed by atoms with van der Waals surface area (Å²) < 4.78 is 5.57. The standard InChI is InChI=1S/C17H17NO2/c1-11-4-2-6-14(16(11)18)17(19)13-7-8-15-12(10-13)5-3-9-20-15/h2,4,6-8,10H,3,5,9,18H2,1H3. The lowest BCUT2D eigenvalue weighted by molar-refractivity contribution is 0.103. The van der Waals surface area contributed by atoms with Gasteiger partial charge in [0.1, 0.15) is 5.75 Å². The number of nitrogen functional groups attached to an aromatic ring is 1. The van der Waals surface area contributed by atoms with Crippen molar-refractivity contribution in [2.24, 2.45) is 0 Å². The maximum atomic E-state index is 12.6. The van der Waals surface area contributed by atoms with Gasteiger partial charge in [-0.3, -0.25) is 4.79 Å². The third-order valence-corrected chi connectivity index (χ3v) is 3.74. The number of ketones is 1. The van der Waals surface area contributed by atoms with Gasteiger partial charge in [-0.25, -0.2) is 0 Å². The molecule has 2 aromatic rings. The van der Waals surface area contributed by atoms with E-state index < -0.39 is 0 Å². The molecule has 2 N–H and O–H groups in total. The van der Waals surface area contributed by atoms with E-state index in [9.17, 15) is 4.79 Å². The first kappa shape index (κ1) is 12.7. The molecule has 0 amide bonds. The van der Waals surface area contributed by atoms with Crippen LogP contribution in [0.4, 0.5) is 5.69 Å². The highest BCUT2D eigenvalue weighted by molar-refractivity contribution is 6.12. The van der Waals surface area contributed by atoms with Gasteiger partial charge in [0.05, 0.1) is 6.61 Å². The summed E-state index contributed by atoms with van der Waals surface area (Å²) in [5, 5.41) is 0. The Morgan fingerprint density at radius 3 is 2.95 bits per heavy atom. The second-order valence-electron chi connectivity index (χ2n) is 5.14. The van der Waals surface area contributed by atoms with Crippen LogP contribution < -0.4 is 10.5 Å². The highest BCUT2D eigenvalue weighted by Gasteiger charge is 2.17. The van der Waals surface area contributed by atoms with Crippen LogP contribution in [0.15, 0.2) is 36.4 Å². The Kier molecular flexibility index (Phi) is 3.18. The topological polar surface area (TPSA) is 52.3 Å². The zero-order chi connectivity index (χ0) is 14.1. The number of para-hydroxylation sites is 1. The first-order valence-corrected chi connectivity index (χ1v) is 6.82. The van der Waals surface area contributed by atoms with Crippen molar-refractivity contribution in [3.63, 3.8) is 0 Å². The molecule has 3 nitrogen and oxygen atoms in total. The second-order valence-corrected chi connectivity index (χ2v) is 5.14. The monoisotopic (exact) mass is 267 g/mol. The fourth-order valence-electron chi connectivity index (χ4n) is 2.54. The summed E-state index contributed by atoms with van der Waals surface area (Å²) in [4.78, 5) is 12.6. The van der Waals surface area contributed by atoms with Gasteiger partial charge < -0.3 is 10.5 Å². The van der Waals surface area contributed by atoms with E-state index in [2.05, 4.69) is 0 Å². The zero-order valence-corrected chi connectivity index (χ0v) is 11.5. The molecule has 0 saturated carbocycles. The Morgan fingerprint density at radius 2 is 2.10 bits per heavy atom. The van der Waals surface area contributed by atoms with Crippen LogP contribution in [0, 0.1) is 6.92 Å². The molecule has 102 valence electrons. The third kappa shape index (κ3) is 2.16. The van der Waals surface area contributed by atoms with Gasteiger partial charge >= 0.3 is 0 Å². The van der Waals surface area contributed by atoms with Gasteiger partial charge in [0, 0.05) is 16.8 Å². The Labute approximate surface area is 118 Å². The summed E-state index contributed by atoms with van der Waals surface area (Å²) >= 11 is 0. The number of rotatable bonds is 2. The molecule has 2 aromatic carbocycles. The van der Waals surface area contributed by atoms with Crippen LogP contribution in [0.3, 0.4) is 0 Å². The number of carbonyl (C=O) groups is 1. The average molecular weight is 267 g/mol. The van der Waals surface area contributed by atoms with Crippen molar-refractivity contribution in [3.8, 4) is 5.75 Å². The zero-order valence-electron chi connectivity index (χ0n) is 11.5. The molecule has 0 radical (unpaired) electrons. The molecule has 20 heavy (non-hydrogen) atoms. The van der Waals surface area contributed by atoms with Gasteiger partial charge in [0.25, 0.3) is 0 Å². The number of hydrogen-bond acceptors (Lipinski definition) is 3. The van der Waals surface area contributed by atoms with Gasteiger partial charge in [0.15, 0.2) is 5.78 Å². The average Bonchev–Trinajstić information content (AvgIpc) is 2.49. The minimum absolute atomic E-state index is 0.0282. The van der Waals surface area contributed by atoms with E-state index in [0.29, 0.717) is 16.8 Å². The first-order valence-electron chi connectivity index (χ1n) is 6.82. The van der Waals surface area contributed by atoms with Gasteiger partial charge in [-0.2, -0.15) is 0 Å². The number of benzene rings is 2. The molecule has 1 aliphatic rings. The fourth-order valence-corrected chi connectivity index (χ4v) is 2.54. The van der Waals surface area contributed by atoms with Crippen LogP contribution in [-0.2, 0) is 6.42 Å². The lowest BCUT2D eigenvalue weighted by atomic mass is 9.96. The lowest BCUT2D eigenvalue weighted by Crippen LogP contribution is -2.11. The summed E-state index contributed by atoms with van der Waals surface area (Å²) in [6.45, 7) is 2.66. The highest BCUT2D eigenvalue weighted by Crippen LogP contribution is 2.27. The molecule has 0 unspecified atom stereocenters.